The van der Waals surface area contributed by atoms with Gasteiger partial charge in [-0.05, 0) is 71.7 Å². The number of rotatable bonds is 6. The molecule has 1 heterocycles. The zero-order chi connectivity index (χ0) is 19.4. The van der Waals surface area contributed by atoms with Crippen LogP contribution in [-0.4, -0.2) is 41.3 Å². The first-order chi connectivity index (χ1) is 12.3. The number of ether oxygens (including phenoxy) is 2. The zero-order valence-corrected chi connectivity index (χ0v) is 17.3. The Morgan fingerprint density at radius 1 is 1.35 bits per heavy atom. The van der Waals surface area contributed by atoms with Gasteiger partial charge in [-0.1, -0.05) is 13.0 Å². The monoisotopic (exact) mass is 441 g/mol. The van der Waals surface area contributed by atoms with Crippen molar-refractivity contribution >= 4 is 50.9 Å². The standard InChI is InChI=1S/C18H20BrNO5S/c1-5-10(2)25-14-7-6-12(8-13(14)19)9-15-16(21)20(18(23)26-15)11(3)17(22)24-4/h6-11H,5H2,1-4H3/b15-9+/t10-,11+/m0/s1. The molecule has 0 saturated carbocycles. The lowest BCUT2D eigenvalue weighted by molar-refractivity contribution is -0.148. The van der Waals surface area contributed by atoms with E-state index in [-0.39, 0.29) is 11.0 Å². The van der Waals surface area contributed by atoms with Crippen LogP contribution in [0.15, 0.2) is 27.6 Å². The van der Waals surface area contributed by atoms with Crippen LogP contribution in [0.4, 0.5) is 4.79 Å². The molecule has 0 aliphatic carbocycles. The highest BCUT2D eigenvalue weighted by atomic mass is 79.9. The molecule has 2 rings (SSSR count). The summed E-state index contributed by atoms with van der Waals surface area (Å²) in [4.78, 5) is 37.4. The molecule has 0 radical (unpaired) electrons. The summed E-state index contributed by atoms with van der Waals surface area (Å²) in [5, 5.41) is -0.491. The molecule has 6 nitrogen and oxygen atoms in total. The summed E-state index contributed by atoms with van der Waals surface area (Å²) in [6, 6.07) is 4.47. The molecule has 2 amide bonds. The number of nitrogens with zero attached hydrogens (tertiary/aromatic N) is 1. The van der Waals surface area contributed by atoms with Crippen molar-refractivity contribution < 1.29 is 23.9 Å². The largest absolute Gasteiger partial charge is 0.490 e. The highest BCUT2D eigenvalue weighted by Crippen LogP contribution is 2.35. The molecular formula is C18H20BrNO5S. The van der Waals surface area contributed by atoms with E-state index in [4.69, 9.17) is 4.74 Å². The van der Waals surface area contributed by atoms with Gasteiger partial charge in [0.2, 0.25) is 0 Å². The predicted octanol–water partition coefficient (Wildman–Crippen LogP) is 4.22. The maximum atomic E-state index is 12.5. The zero-order valence-electron chi connectivity index (χ0n) is 14.9. The van der Waals surface area contributed by atoms with Gasteiger partial charge in [0.1, 0.15) is 11.8 Å². The molecule has 0 aromatic heterocycles. The molecule has 1 aliphatic rings. The Hall–Kier alpha value is -1.80. The van der Waals surface area contributed by atoms with E-state index in [2.05, 4.69) is 20.7 Å². The number of halogens is 1. The second-order valence-corrected chi connectivity index (χ2v) is 7.62. The van der Waals surface area contributed by atoms with Crippen molar-refractivity contribution in [3.8, 4) is 5.75 Å². The first-order valence-corrected chi connectivity index (χ1v) is 9.70. The topological polar surface area (TPSA) is 72.9 Å². The van der Waals surface area contributed by atoms with Gasteiger partial charge in [-0.25, -0.2) is 4.79 Å². The molecule has 0 spiro atoms. The van der Waals surface area contributed by atoms with Crippen molar-refractivity contribution in [2.45, 2.75) is 39.3 Å². The van der Waals surface area contributed by atoms with Crippen molar-refractivity contribution in [3.05, 3.63) is 33.1 Å². The first-order valence-electron chi connectivity index (χ1n) is 8.09. The van der Waals surface area contributed by atoms with Crippen molar-refractivity contribution in [3.63, 3.8) is 0 Å². The van der Waals surface area contributed by atoms with Crippen molar-refractivity contribution in [1.29, 1.82) is 0 Å². The SMILES string of the molecule is CC[C@H](C)Oc1ccc(/C=C2/SC(=O)N([C@H](C)C(=O)OC)C2=O)cc1Br. The van der Waals surface area contributed by atoms with Crippen LogP contribution in [0.25, 0.3) is 6.08 Å². The van der Waals surface area contributed by atoms with Crippen LogP contribution < -0.4 is 4.74 Å². The van der Waals surface area contributed by atoms with Gasteiger partial charge in [0, 0.05) is 0 Å². The first kappa shape index (κ1) is 20.5. The molecular weight excluding hydrogens is 422 g/mol. The van der Waals surface area contributed by atoms with Crippen LogP contribution in [0.3, 0.4) is 0 Å². The summed E-state index contributed by atoms with van der Waals surface area (Å²) >= 11 is 4.26. The van der Waals surface area contributed by atoms with Crippen molar-refractivity contribution in [2.75, 3.05) is 7.11 Å². The Balaban J connectivity index is 2.22. The highest BCUT2D eigenvalue weighted by Gasteiger charge is 2.41. The summed E-state index contributed by atoms with van der Waals surface area (Å²) in [7, 11) is 1.22. The maximum absolute atomic E-state index is 12.5. The van der Waals surface area contributed by atoms with Gasteiger partial charge in [-0.3, -0.25) is 14.5 Å². The number of amides is 2. The number of benzene rings is 1. The number of carbonyl (C=O) groups excluding carboxylic acids is 3. The average Bonchev–Trinajstić information content (AvgIpc) is 2.89. The molecule has 1 aliphatic heterocycles. The highest BCUT2D eigenvalue weighted by molar-refractivity contribution is 9.10. The summed E-state index contributed by atoms with van der Waals surface area (Å²) in [6.07, 6.45) is 2.60. The molecule has 8 heteroatoms. The number of hydrogen-bond donors (Lipinski definition) is 0. The third kappa shape index (κ3) is 4.48. The fraction of sp³-hybridized carbons (Fsp3) is 0.389. The second-order valence-electron chi connectivity index (χ2n) is 5.78. The number of esters is 1. The van der Waals surface area contributed by atoms with E-state index in [1.807, 2.05) is 26.0 Å². The van der Waals surface area contributed by atoms with Crippen molar-refractivity contribution in [1.82, 2.24) is 4.90 Å². The molecule has 0 bridgehead atoms. The molecule has 1 aromatic rings. The number of thioether (sulfide) groups is 1. The Kier molecular flexibility index (Phi) is 6.88. The quantitative estimate of drug-likeness (QED) is 0.485. The molecule has 140 valence electrons. The van der Waals surface area contributed by atoms with E-state index in [9.17, 15) is 14.4 Å². The van der Waals surface area contributed by atoms with Gasteiger partial charge in [0.05, 0.1) is 22.6 Å². The number of methoxy groups -OCH3 is 1. The molecule has 26 heavy (non-hydrogen) atoms. The second kappa shape index (κ2) is 8.73. The third-order valence-corrected chi connectivity index (χ3v) is 5.41. The third-order valence-electron chi connectivity index (χ3n) is 3.91. The fourth-order valence-electron chi connectivity index (χ4n) is 2.24. The van der Waals surface area contributed by atoms with E-state index in [1.165, 1.54) is 14.0 Å². The van der Waals surface area contributed by atoms with Crippen LogP contribution >= 0.6 is 27.7 Å². The van der Waals surface area contributed by atoms with E-state index >= 15 is 0 Å². The van der Waals surface area contributed by atoms with Crippen molar-refractivity contribution in [2.24, 2.45) is 0 Å². The Labute approximate surface area is 165 Å². The minimum atomic E-state index is -0.962. The summed E-state index contributed by atoms with van der Waals surface area (Å²) in [5.74, 6) is -0.430. The fourth-order valence-corrected chi connectivity index (χ4v) is 3.64. The van der Waals surface area contributed by atoms with Gasteiger partial charge in [-0.15, -0.1) is 0 Å². The van der Waals surface area contributed by atoms with E-state index in [0.29, 0.717) is 5.75 Å². The van der Waals surface area contributed by atoms with E-state index in [0.717, 1.165) is 33.1 Å². The van der Waals surface area contributed by atoms with E-state index in [1.54, 1.807) is 12.1 Å². The lowest BCUT2D eigenvalue weighted by Gasteiger charge is -2.18. The van der Waals surface area contributed by atoms with Crippen LogP contribution in [-0.2, 0) is 14.3 Å². The Morgan fingerprint density at radius 3 is 2.62 bits per heavy atom. The minimum absolute atomic E-state index is 0.0912. The summed E-state index contributed by atoms with van der Waals surface area (Å²) in [5.41, 5.74) is 0.740. The van der Waals surface area contributed by atoms with Gasteiger partial charge in [-0.2, -0.15) is 0 Å². The molecule has 1 aromatic carbocycles. The summed E-state index contributed by atoms with van der Waals surface area (Å²) in [6.45, 7) is 5.49. The predicted molar refractivity (Wildman–Crippen MR) is 104 cm³/mol. The molecule has 2 atom stereocenters. The lowest BCUT2D eigenvalue weighted by Crippen LogP contribution is -2.42. The minimum Gasteiger partial charge on any atom is -0.490 e. The maximum Gasteiger partial charge on any atom is 0.328 e. The molecule has 0 unspecified atom stereocenters. The summed E-state index contributed by atoms with van der Waals surface area (Å²) < 4.78 is 11.2. The van der Waals surface area contributed by atoms with Gasteiger partial charge in [0.15, 0.2) is 0 Å². The molecule has 1 fully saturated rings. The average molecular weight is 442 g/mol. The number of hydrogen-bond acceptors (Lipinski definition) is 6. The molecule has 0 N–H and O–H groups in total. The lowest BCUT2D eigenvalue weighted by atomic mass is 10.2. The van der Waals surface area contributed by atoms with E-state index < -0.39 is 23.2 Å². The number of imide groups is 1. The Morgan fingerprint density at radius 2 is 2.04 bits per heavy atom. The number of carbonyl (C=O) groups is 3. The van der Waals surface area contributed by atoms with Crippen LogP contribution in [0.1, 0.15) is 32.8 Å². The van der Waals surface area contributed by atoms with Crippen LogP contribution in [0.2, 0.25) is 0 Å². The van der Waals surface area contributed by atoms with Gasteiger partial charge >= 0.3 is 5.97 Å². The van der Waals surface area contributed by atoms with Gasteiger partial charge < -0.3 is 9.47 Å². The van der Waals surface area contributed by atoms with Gasteiger partial charge in [0.25, 0.3) is 11.1 Å². The molecule has 1 saturated heterocycles. The van der Waals surface area contributed by atoms with Crippen LogP contribution in [0, 0.1) is 0 Å². The Bertz CT molecular complexity index is 764. The normalized spacial score (nSPS) is 18.2. The van der Waals surface area contributed by atoms with Crippen LogP contribution in [0.5, 0.6) is 5.75 Å². The smallest absolute Gasteiger partial charge is 0.328 e.